The van der Waals surface area contributed by atoms with Crippen molar-refractivity contribution in [2.24, 2.45) is 10.9 Å². The lowest BCUT2D eigenvalue weighted by atomic mass is 9.93. The average Bonchev–Trinajstić information content (AvgIpc) is 2.72. The molecule has 1 saturated heterocycles. The van der Waals surface area contributed by atoms with Crippen LogP contribution in [-0.2, 0) is 4.79 Å². The monoisotopic (exact) mass is 516 g/mol. The smallest absolute Gasteiger partial charge is 0.243 e. The third kappa shape index (κ3) is 8.76. The van der Waals surface area contributed by atoms with E-state index in [1.165, 1.54) is 18.5 Å². The van der Waals surface area contributed by atoms with Gasteiger partial charge in [-0.1, -0.05) is 6.92 Å². The van der Waals surface area contributed by atoms with Gasteiger partial charge in [0.15, 0.2) is 5.96 Å². The number of guanidine groups is 1. The number of hydrogen-bond donors (Lipinski definition) is 1. The summed E-state index contributed by atoms with van der Waals surface area (Å²) in [5.74, 6) is 1.58. The second-order valence-electron chi connectivity index (χ2n) is 7.70. The highest BCUT2D eigenvalue weighted by Crippen LogP contribution is 2.24. The van der Waals surface area contributed by atoms with Crippen molar-refractivity contribution in [2.75, 3.05) is 58.8 Å². The predicted molar refractivity (Wildman–Crippen MR) is 131 cm³/mol. The zero-order valence-corrected chi connectivity index (χ0v) is 20.6. The van der Waals surface area contributed by atoms with Crippen molar-refractivity contribution in [1.82, 2.24) is 20.1 Å². The van der Waals surface area contributed by atoms with Gasteiger partial charge in [0.25, 0.3) is 0 Å². The van der Waals surface area contributed by atoms with Crippen LogP contribution >= 0.6 is 24.0 Å². The number of nitrogens with zero attached hydrogens (tertiary/aromatic N) is 5. The summed E-state index contributed by atoms with van der Waals surface area (Å²) in [6, 6.07) is 4.18. The Bertz CT molecular complexity index is 617. The van der Waals surface area contributed by atoms with E-state index in [0.29, 0.717) is 0 Å². The first kappa shape index (κ1) is 25.5. The Labute approximate surface area is 193 Å². The molecule has 29 heavy (non-hydrogen) atoms. The number of carbonyl (C=O) groups excluding carboxylic acids is 1. The number of rotatable bonds is 8. The molecule has 2 heterocycles. The van der Waals surface area contributed by atoms with Crippen molar-refractivity contribution in [3.8, 4) is 0 Å². The first-order chi connectivity index (χ1) is 13.5. The standard InChI is InChI=1S/C21H36N6O.HI/c1-5-11-23-21(24-17-20(28)25(2)3)26(4)14-8-18-9-15-27(16-10-18)19-6-12-22-13-7-19;/h6-7,12-13,18H,5,8-11,14-17H2,1-4H3,(H,23,24);1H. The maximum Gasteiger partial charge on any atom is 0.243 e. The summed E-state index contributed by atoms with van der Waals surface area (Å²) in [5, 5.41) is 3.37. The van der Waals surface area contributed by atoms with E-state index in [9.17, 15) is 4.79 Å². The van der Waals surface area contributed by atoms with Crippen LogP contribution in [0.3, 0.4) is 0 Å². The lowest BCUT2D eigenvalue weighted by molar-refractivity contribution is -0.127. The van der Waals surface area contributed by atoms with Gasteiger partial charge in [-0.15, -0.1) is 24.0 Å². The molecule has 1 amide bonds. The molecule has 1 N–H and O–H groups in total. The van der Waals surface area contributed by atoms with Gasteiger partial charge in [0.05, 0.1) is 0 Å². The summed E-state index contributed by atoms with van der Waals surface area (Å²) in [6.45, 7) is 6.34. The molecule has 0 aromatic carbocycles. The van der Waals surface area contributed by atoms with Gasteiger partial charge in [0.2, 0.25) is 5.91 Å². The van der Waals surface area contributed by atoms with Crippen molar-refractivity contribution >= 4 is 41.5 Å². The Morgan fingerprint density at radius 2 is 1.90 bits per heavy atom. The van der Waals surface area contributed by atoms with E-state index < -0.39 is 0 Å². The molecule has 1 aliphatic heterocycles. The Hall–Kier alpha value is -1.58. The van der Waals surface area contributed by atoms with Crippen LogP contribution in [0.2, 0.25) is 0 Å². The van der Waals surface area contributed by atoms with E-state index >= 15 is 0 Å². The van der Waals surface area contributed by atoms with E-state index in [4.69, 9.17) is 0 Å². The topological polar surface area (TPSA) is 64.1 Å². The van der Waals surface area contributed by atoms with Crippen molar-refractivity contribution in [1.29, 1.82) is 0 Å². The maximum absolute atomic E-state index is 11.9. The number of nitrogens with one attached hydrogen (secondary N) is 1. The van der Waals surface area contributed by atoms with Crippen molar-refractivity contribution in [2.45, 2.75) is 32.6 Å². The first-order valence-electron chi connectivity index (χ1n) is 10.4. The number of hydrogen-bond acceptors (Lipinski definition) is 4. The molecule has 0 unspecified atom stereocenters. The summed E-state index contributed by atoms with van der Waals surface area (Å²) in [6.07, 6.45) is 8.33. The van der Waals surface area contributed by atoms with Gasteiger partial charge >= 0.3 is 0 Å². The number of piperidine rings is 1. The van der Waals surface area contributed by atoms with E-state index in [0.717, 1.165) is 50.9 Å². The highest BCUT2D eigenvalue weighted by molar-refractivity contribution is 14.0. The van der Waals surface area contributed by atoms with Gasteiger partial charge in [-0.3, -0.25) is 9.78 Å². The van der Waals surface area contributed by atoms with Crippen molar-refractivity contribution < 1.29 is 4.79 Å². The highest BCUT2D eigenvalue weighted by Gasteiger charge is 2.20. The minimum absolute atomic E-state index is 0. The van der Waals surface area contributed by atoms with E-state index in [1.54, 1.807) is 19.0 Å². The second kappa shape index (κ2) is 13.6. The molecule has 2 rings (SSSR count). The zero-order valence-electron chi connectivity index (χ0n) is 18.3. The maximum atomic E-state index is 11.9. The largest absolute Gasteiger partial charge is 0.371 e. The predicted octanol–water partition coefficient (Wildman–Crippen LogP) is 2.68. The summed E-state index contributed by atoms with van der Waals surface area (Å²) in [7, 11) is 5.59. The Balaban J connectivity index is 0.00000420. The first-order valence-corrected chi connectivity index (χ1v) is 10.4. The molecule has 0 saturated carbocycles. The van der Waals surface area contributed by atoms with Crippen LogP contribution in [0.15, 0.2) is 29.5 Å². The van der Waals surface area contributed by atoms with Crippen LogP contribution in [0.1, 0.15) is 32.6 Å². The molecule has 7 nitrogen and oxygen atoms in total. The molecule has 0 atom stereocenters. The number of halogens is 1. The normalized spacial score (nSPS) is 14.9. The van der Waals surface area contributed by atoms with Gasteiger partial charge in [-0.25, -0.2) is 4.99 Å². The Morgan fingerprint density at radius 3 is 2.48 bits per heavy atom. The summed E-state index contributed by atoms with van der Waals surface area (Å²) >= 11 is 0. The molecule has 164 valence electrons. The molecule has 0 aliphatic carbocycles. The van der Waals surface area contributed by atoms with Crippen LogP contribution in [0, 0.1) is 5.92 Å². The fourth-order valence-electron chi connectivity index (χ4n) is 3.35. The van der Waals surface area contributed by atoms with Crippen LogP contribution in [-0.4, -0.2) is 80.5 Å². The van der Waals surface area contributed by atoms with Crippen molar-refractivity contribution in [3.63, 3.8) is 0 Å². The summed E-state index contributed by atoms with van der Waals surface area (Å²) < 4.78 is 0. The van der Waals surface area contributed by atoms with Crippen LogP contribution in [0.25, 0.3) is 0 Å². The number of aromatic nitrogens is 1. The van der Waals surface area contributed by atoms with Crippen LogP contribution < -0.4 is 10.2 Å². The van der Waals surface area contributed by atoms with Gasteiger partial charge < -0.3 is 20.0 Å². The minimum atomic E-state index is 0. The third-order valence-corrected chi connectivity index (χ3v) is 5.27. The van der Waals surface area contributed by atoms with E-state index in [1.807, 2.05) is 12.4 Å². The molecular weight excluding hydrogens is 479 g/mol. The molecule has 1 aromatic rings. The number of amides is 1. The summed E-state index contributed by atoms with van der Waals surface area (Å²) in [5.41, 5.74) is 1.27. The highest BCUT2D eigenvalue weighted by atomic mass is 127. The number of aliphatic imine (C=N–C) groups is 1. The lowest BCUT2D eigenvalue weighted by Crippen LogP contribution is -2.42. The SMILES string of the molecule is CCCNC(=NCC(=O)N(C)C)N(C)CCC1CCN(c2ccncc2)CC1.I. The van der Waals surface area contributed by atoms with Crippen molar-refractivity contribution in [3.05, 3.63) is 24.5 Å². The quantitative estimate of drug-likeness (QED) is 0.327. The number of pyridine rings is 1. The van der Waals surface area contributed by atoms with E-state index in [2.05, 4.69) is 51.2 Å². The Kier molecular flexibility index (Phi) is 11.9. The molecular formula is C21H37IN6O. The van der Waals surface area contributed by atoms with Crippen LogP contribution in [0.4, 0.5) is 5.69 Å². The molecule has 1 aliphatic rings. The van der Waals surface area contributed by atoms with Gasteiger partial charge in [-0.05, 0) is 43.7 Å². The Morgan fingerprint density at radius 1 is 1.24 bits per heavy atom. The number of carbonyl (C=O) groups is 1. The molecule has 1 fully saturated rings. The second-order valence-corrected chi connectivity index (χ2v) is 7.70. The molecule has 8 heteroatoms. The average molecular weight is 516 g/mol. The lowest BCUT2D eigenvalue weighted by Gasteiger charge is -2.34. The third-order valence-electron chi connectivity index (χ3n) is 5.27. The van der Waals surface area contributed by atoms with Gasteiger partial charge in [0.1, 0.15) is 6.54 Å². The fraction of sp³-hybridized carbons (Fsp3) is 0.667. The molecule has 1 aromatic heterocycles. The minimum Gasteiger partial charge on any atom is -0.371 e. The molecule has 0 radical (unpaired) electrons. The summed E-state index contributed by atoms with van der Waals surface area (Å²) in [4.78, 5) is 26.7. The molecule has 0 bridgehead atoms. The number of likely N-dealkylation sites (N-methyl/N-ethyl adjacent to an activating group) is 1. The van der Waals surface area contributed by atoms with Gasteiger partial charge in [0, 0.05) is 65.4 Å². The number of anilines is 1. The van der Waals surface area contributed by atoms with E-state index in [-0.39, 0.29) is 36.4 Å². The van der Waals surface area contributed by atoms with Crippen LogP contribution in [0.5, 0.6) is 0 Å². The zero-order chi connectivity index (χ0) is 20.4. The molecule has 0 spiro atoms. The van der Waals surface area contributed by atoms with Gasteiger partial charge in [-0.2, -0.15) is 0 Å². The fourth-order valence-corrected chi connectivity index (χ4v) is 3.35.